The number of aliphatic imine (C=N–C) groups is 1. The Morgan fingerprint density at radius 3 is 2.52 bits per heavy atom. The molecule has 27 heavy (non-hydrogen) atoms. The van der Waals surface area contributed by atoms with Crippen LogP contribution in [0.15, 0.2) is 4.99 Å². The van der Waals surface area contributed by atoms with Gasteiger partial charge >= 0.3 is 0 Å². The first-order valence-corrected chi connectivity index (χ1v) is 10.1. The van der Waals surface area contributed by atoms with Crippen LogP contribution in [0.5, 0.6) is 0 Å². The molecule has 1 fully saturated rings. The number of carbonyl (C=O) groups is 1. The molecule has 0 aliphatic carbocycles. The van der Waals surface area contributed by atoms with E-state index in [2.05, 4.69) is 43.3 Å². The Labute approximate surface area is 183 Å². The third-order valence-corrected chi connectivity index (χ3v) is 5.11. The highest BCUT2D eigenvalue weighted by atomic mass is 127. The summed E-state index contributed by atoms with van der Waals surface area (Å²) >= 11 is 1.47. The quantitative estimate of drug-likeness (QED) is 0.261. The highest BCUT2D eigenvalue weighted by molar-refractivity contribution is 14.0. The Morgan fingerprint density at radius 2 is 1.96 bits per heavy atom. The summed E-state index contributed by atoms with van der Waals surface area (Å²) in [5.74, 6) is 1.76. The Balaban J connectivity index is 0.00000364. The van der Waals surface area contributed by atoms with Crippen molar-refractivity contribution in [3.8, 4) is 0 Å². The SMILES string of the molecule is CCCCNC(=NCC(=O)N(C)C)N1CCN(c2nc(CC)ns2)CC1.I. The average Bonchev–Trinajstić information content (AvgIpc) is 3.13. The van der Waals surface area contributed by atoms with E-state index in [1.54, 1.807) is 19.0 Å². The van der Waals surface area contributed by atoms with Crippen molar-refractivity contribution in [3.63, 3.8) is 0 Å². The van der Waals surface area contributed by atoms with Crippen LogP contribution in [0.1, 0.15) is 32.5 Å². The maximum absolute atomic E-state index is 11.9. The van der Waals surface area contributed by atoms with Crippen molar-refractivity contribution in [3.05, 3.63) is 5.82 Å². The van der Waals surface area contributed by atoms with Crippen LogP contribution < -0.4 is 10.2 Å². The summed E-state index contributed by atoms with van der Waals surface area (Å²) in [5, 5.41) is 4.42. The van der Waals surface area contributed by atoms with Gasteiger partial charge in [0.1, 0.15) is 12.4 Å². The van der Waals surface area contributed by atoms with Gasteiger partial charge in [0.2, 0.25) is 11.0 Å². The summed E-state index contributed by atoms with van der Waals surface area (Å²) in [6.07, 6.45) is 3.08. The number of nitrogens with zero attached hydrogens (tertiary/aromatic N) is 6. The van der Waals surface area contributed by atoms with Gasteiger partial charge in [-0.25, -0.2) is 9.98 Å². The molecule has 8 nitrogen and oxygen atoms in total. The van der Waals surface area contributed by atoms with E-state index < -0.39 is 0 Å². The zero-order chi connectivity index (χ0) is 18.9. The summed E-state index contributed by atoms with van der Waals surface area (Å²) in [6, 6.07) is 0. The lowest BCUT2D eigenvalue weighted by atomic mass is 10.3. The van der Waals surface area contributed by atoms with Crippen LogP contribution in [0.4, 0.5) is 5.13 Å². The van der Waals surface area contributed by atoms with Crippen LogP contribution in [0.2, 0.25) is 0 Å². The van der Waals surface area contributed by atoms with Gasteiger partial charge in [0.05, 0.1) is 0 Å². The van der Waals surface area contributed by atoms with Crippen LogP contribution in [-0.4, -0.2) is 84.4 Å². The van der Waals surface area contributed by atoms with Crippen molar-refractivity contribution in [1.82, 2.24) is 24.5 Å². The number of piperazine rings is 1. The average molecular weight is 509 g/mol. The van der Waals surface area contributed by atoms with Crippen LogP contribution in [0, 0.1) is 0 Å². The predicted octanol–water partition coefficient (Wildman–Crippen LogP) is 1.67. The van der Waals surface area contributed by atoms with Crippen molar-refractivity contribution in [2.45, 2.75) is 33.1 Å². The van der Waals surface area contributed by atoms with E-state index in [1.807, 2.05) is 0 Å². The van der Waals surface area contributed by atoms with Gasteiger partial charge in [0.25, 0.3) is 0 Å². The maximum atomic E-state index is 11.9. The Morgan fingerprint density at radius 1 is 1.26 bits per heavy atom. The molecular formula is C17H32IN7OS. The number of hydrogen-bond donors (Lipinski definition) is 1. The molecule has 1 aromatic rings. The first-order valence-electron chi connectivity index (χ1n) is 9.36. The monoisotopic (exact) mass is 509 g/mol. The minimum absolute atomic E-state index is 0. The topological polar surface area (TPSA) is 77.0 Å². The second-order valence-electron chi connectivity index (χ2n) is 6.53. The lowest BCUT2D eigenvalue weighted by molar-refractivity contribution is -0.127. The largest absolute Gasteiger partial charge is 0.356 e. The number of rotatable bonds is 7. The molecule has 2 heterocycles. The van der Waals surface area contributed by atoms with E-state index >= 15 is 0 Å². The van der Waals surface area contributed by atoms with E-state index in [0.717, 1.165) is 68.9 Å². The number of aryl methyl sites for hydroxylation is 1. The number of anilines is 1. The van der Waals surface area contributed by atoms with E-state index in [9.17, 15) is 4.79 Å². The fourth-order valence-electron chi connectivity index (χ4n) is 2.55. The minimum Gasteiger partial charge on any atom is -0.356 e. The standard InChI is InChI=1S/C17H31N7OS.HI/c1-5-7-8-18-16(19-13-15(25)22(3)4)23-9-11-24(12-10-23)17-20-14(6-2)21-26-17;/h5-13H2,1-4H3,(H,18,19);1H. The summed E-state index contributed by atoms with van der Waals surface area (Å²) in [7, 11) is 3.51. The van der Waals surface area contributed by atoms with Crippen molar-refractivity contribution >= 4 is 52.5 Å². The molecule has 1 amide bonds. The highest BCUT2D eigenvalue weighted by Gasteiger charge is 2.22. The van der Waals surface area contributed by atoms with Gasteiger partial charge in [-0.15, -0.1) is 24.0 Å². The maximum Gasteiger partial charge on any atom is 0.243 e. The number of guanidine groups is 1. The molecule has 0 unspecified atom stereocenters. The first kappa shape index (κ1) is 23.9. The highest BCUT2D eigenvalue weighted by Crippen LogP contribution is 2.19. The van der Waals surface area contributed by atoms with E-state index in [1.165, 1.54) is 11.5 Å². The zero-order valence-electron chi connectivity index (χ0n) is 16.8. The van der Waals surface area contributed by atoms with Crippen molar-refractivity contribution in [2.75, 3.05) is 58.3 Å². The molecule has 1 N–H and O–H groups in total. The van der Waals surface area contributed by atoms with Crippen molar-refractivity contribution in [1.29, 1.82) is 0 Å². The van der Waals surface area contributed by atoms with Crippen molar-refractivity contribution < 1.29 is 4.79 Å². The van der Waals surface area contributed by atoms with E-state index in [0.29, 0.717) is 0 Å². The molecule has 1 aliphatic rings. The molecular weight excluding hydrogens is 477 g/mol. The van der Waals surface area contributed by atoms with Crippen LogP contribution in [-0.2, 0) is 11.2 Å². The minimum atomic E-state index is 0. The molecule has 2 rings (SSSR count). The molecule has 0 bridgehead atoms. The third kappa shape index (κ3) is 7.40. The second-order valence-corrected chi connectivity index (χ2v) is 7.26. The molecule has 10 heteroatoms. The molecule has 0 aromatic carbocycles. The summed E-state index contributed by atoms with van der Waals surface area (Å²) in [4.78, 5) is 27.1. The molecule has 0 spiro atoms. The number of hydrogen-bond acceptors (Lipinski definition) is 6. The molecule has 0 atom stereocenters. The number of amides is 1. The van der Waals surface area contributed by atoms with Gasteiger partial charge < -0.3 is 20.0 Å². The smallest absolute Gasteiger partial charge is 0.243 e. The zero-order valence-corrected chi connectivity index (χ0v) is 19.9. The van der Waals surface area contributed by atoms with Gasteiger partial charge in [0, 0.05) is 64.8 Å². The molecule has 1 aromatic heterocycles. The molecule has 1 saturated heterocycles. The number of unbranched alkanes of at least 4 members (excludes halogenated alkanes) is 1. The Bertz CT molecular complexity index is 600. The molecule has 154 valence electrons. The van der Waals surface area contributed by atoms with Gasteiger partial charge in [-0.3, -0.25) is 4.79 Å². The van der Waals surface area contributed by atoms with Crippen LogP contribution in [0.25, 0.3) is 0 Å². The fourth-order valence-corrected chi connectivity index (χ4v) is 3.36. The number of likely N-dealkylation sites (N-methyl/N-ethyl adjacent to an activating group) is 1. The van der Waals surface area contributed by atoms with Crippen LogP contribution >= 0.6 is 35.5 Å². The lowest BCUT2D eigenvalue weighted by Gasteiger charge is -2.36. The van der Waals surface area contributed by atoms with Crippen molar-refractivity contribution in [2.24, 2.45) is 4.99 Å². The van der Waals surface area contributed by atoms with Gasteiger partial charge in [0.15, 0.2) is 5.96 Å². The Kier molecular flexibility index (Phi) is 10.9. The van der Waals surface area contributed by atoms with E-state index in [4.69, 9.17) is 0 Å². The van der Waals surface area contributed by atoms with Gasteiger partial charge in [-0.05, 0) is 6.42 Å². The summed E-state index contributed by atoms with van der Waals surface area (Å²) in [6.45, 7) is 8.77. The fraction of sp³-hybridized carbons (Fsp3) is 0.765. The normalized spacial score (nSPS) is 14.7. The van der Waals surface area contributed by atoms with Gasteiger partial charge in [-0.2, -0.15) is 4.37 Å². The Hall–Kier alpha value is -1.17. The number of aromatic nitrogens is 2. The molecule has 0 radical (unpaired) electrons. The molecule has 0 saturated carbocycles. The van der Waals surface area contributed by atoms with E-state index in [-0.39, 0.29) is 36.4 Å². The summed E-state index contributed by atoms with van der Waals surface area (Å²) < 4.78 is 4.38. The summed E-state index contributed by atoms with van der Waals surface area (Å²) in [5.41, 5.74) is 0. The number of halogens is 1. The third-order valence-electron chi connectivity index (χ3n) is 4.30. The van der Waals surface area contributed by atoms with Crippen LogP contribution in [0.3, 0.4) is 0 Å². The first-order chi connectivity index (χ1) is 12.5. The number of nitrogens with one attached hydrogen (secondary N) is 1. The second kappa shape index (κ2) is 12.3. The lowest BCUT2D eigenvalue weighted by Crippen LogP contribution is -2.53. The number of carbonyl (C=O) groups excluding carboxylic acids is 1. The van der Waals surface area contributed by atoms with Gasteiger partial charge in [-0.1, -0.05) is 20.3 Å². The predicted molar refractivity (Wildman–Crippen MR) is 122 cm³/mol. The molecule has 1 aliphatic heterocycles.